The summed E-state index contributed by atoms with van der Waals surface area (Å²) in [6.07, 6.45) is 7.53. The van der Waals surface area contributed by atoms with Crippen LogP contribution in [0.15, 0.2) is 24.3 Å². The molecule has 1 amide bonds. The van der Waals surface area contributed by atoms with Crippen molar-refractivity contribution in [2.45, 2.75) is 45.1 Å². The molecule has 3 atom stereocenters. The Balaban J connectivity index is 1.24. The van der Waals surface area contributed by atoms with E-state index < -0.39 is 0 Å². The second kappa shape index (κ2) is 6.64. The number of carbonyl (C=O) groups is 1. The lowest BCUT2D eigenvalue weighted by Crippen LogP contribution is -2.40. The van der Waals surface area contributed by atoms with E-state index in [1.165, 1.54) is 36.8 Å². The molecule has 2 fully saturated rings. The summed E-state index contributed by atoms with van der Waals surface area (Å²) in [5.74, 6) is 2.18. The van der Waals surface area contributed by atoms with Crippen molar-refractivity contribution in [1.82, 2.24) is 10.2 Å². The molecule has 0 radical (unpaired) electrons. The molecule has 1 aromatic carbocycles. The lowest BCUT2D eigenvalue weighted by Gasteiger charge is -2.29. The third kappa shape index (κ3) is 3.16. The van der Waals surface area contributed by atoms with Crippen molar-refractivity contribution in [2.24, 2.45) is 17.8 Å². The zero-order chi connectivity index (χ0) is 15.6. The van der Waals surface area contributed by atoms with E-state index in [-0.39, 0.29) is 0 Å². The Morgan fingerprint density at radius 3 is 2.91 bits per heavy atom. The maximum Gasteiger partial charge on any atom is 0.223 e. The Morgan fingerprint density at radius 2 is 2.00 bits per heavy atom. The van der Waals surface area contributed by atoms with E-state index in [0.29, 0.717) is 17.7 Å². The highest BCUT2D eigenvalue weighted by Crippen LogP contribution is 2.47. The van der Waals surface area contributed by atoms with Crippen molar-refractivity contribution in [3.8, 4) is 0 Å². The molecule has 2 aliphatic carbocycles. The van der Waals surface area contributed by atoms with Crippen molar-refractivity contribution in [2.75, 3.05) is 19.6 Å². The highest BCUT2D eigenvalue weighted by Gasteiger charge is 2.42. The first-order valence-corrected chi connectivity index (χ1v) is 9.38. The number of carbonyl (C=O) groups excluding carboxylic acids is 1. The molecule has 1 heterocycles. The summed E-state index contributed by atoms with van der Waals surface area (Å²) in [6, 6.07) is 8.74. The van der Waals surface area contributed by atoms with Gasteiger partial charge in [-0.3, -0.25) is 9.69 Å². The van der Waals surface area contributed by atoms with Gasteiger partial charge in [0.25, 0.3) is 0 Å². The van der Waals surface area contributed by atoms with Gasteiger partial charge in [-0.25, -0.2) is 0 Å². The average molecular weight is 312 g/mol. The van der Waals surface area contributed by atoms with Crippen molar-refractivity contribution in [1.29, 1.82) is 0 Å². The van der Waals surface area contributed by atoms with E-state index in [4.69, 9.17) is 0 Å². The Labute approximate surface area is 139 Å². The van der Waals surface area contributed by atoms with Crippen LogP contribution in [0, 0.1) is 17.8 Å². The van der Waals surface area contributed by atoms with Gasteiger partial charge >= 0.3 is 0 Å². The van der Waals surface area contributed by atoms with Crippen molar-refractivity contribution >= 4 is 5.91 Å². The summed E-state index contributed by atoms with van der Waals surface area (Å²) in [5.41, 5.74) is 2.95. The van der Waals surface area contributed by atoms with Gasteiger partial charge in [-0.1, -0.05) is 37.1 Å². The third-order valence-corrected chi connectivity index (χ3v) is 6.36. The quantitative estimate of drug-likeness (QED) is 0.927. The highest BCUT2D eigenvalue weighted by atomic mass is 16.1. The Morgan fingerprint density at radius 1 is 1.13 bits per heavy atom. The normalized spacial score (nSPS) is 30.0. The van der Waals surface area contributed by atoms with Crippen molar-refractivity contribution in [3.63, 3.8) is 0 Å². The number of rotatable bonds is 4. The number of benzene rings is 1. The number of nitrogens with one attached hydrogen (secondary N) is 1. The fourth-order valence-electron chi connectivity index (χ4n) is 5.10. The third-order valence-electron chi connectivity index (χ3n) is 6.36. The standard InChI is InChI=1S/C20H28N2O/c23-20(19-9-8-16-6-3-7-18(16)19)21-11-13-22-12-10-15-4-1-2-5-17(15)14-22/h1-2,4-5,16,18-19H,3,6-14H2,(H,21,23). The van der Waals surface area contributed by atoms with E-state index in [9.17, 15) is 4.79 Å². The summed E-state index contributed by atoms with van der Waals surface area (Å²) in [7, 11) is 0. The van der Waals surface area contributed by atoms with Crippen LogP contribution in [0.25, 0.3) is 0 Å². The number of amides is 1. The Bertz CT molecular complexity index is 571. The first-order chi connectivity index (χ1) is 11.3. The molecule has 0 aromatic heterocycles. The summed E-state index contributed by atoms with van der Waals surface area (Å²) in [4.78, 5) is 15.0. The second-order valence-corrected chi connectivity index (χ2v) is 7.62. The summed E-state index contributed by atoms with van der Waals surface area (Å²) in [5, 5.41) is 3.23. The topological polar surface area (TPSA) is 32.3 Å². The average Bonchev–Trinajstić information content (AvgIpc) is 3.18. The highest BCUT2D eigenvalue weighted by molar-refractivity contribution is 5.79. The Hall–Kier alpha value is -1.35. The first-order valence-electron chi connectivity index (χ1n) is 9.38. The molecule has 0 bridgehead atoms. The van der Waals surface area contributed by atoms with Crippen LogP contribution in [0.5, 0.6) is 0 Å². The zero-order valence-electron chi connectivity index (χ0n) is 14.0. The predicted octanol–water partition coefficient (Wildman–Crippen LogP) is 2.99. The van der Waals surface area contributed by atoms with Gasteiger partial charge in [-0.2, -0.15) is 0 Å². The largest absolute Gasteiger partial charge is 0.355 e. The van der Waals surface area contributed by atoms with Gasteiger partial charge in [-0.15, -0.1) is 0 Å². The minimum Gasteiger partial charge on any atom is -0.355 e. The van der Waals surface area contributed by atoms with Crippen LogP contribution in [0.1, 0.15) is 43.2 Å². The summed E-state index contributed by atoms with van der Waals surface area (Å²) < 4.78 is 0. The summed E-state index contributed by atoms with van der Waals surface area (Å²) >= 11 is 0. The van der Waals surface area contributed by atoms with Crippen LogP contribution in [-0.2, 0) is 17.8 Å². The number of hydrogen-bond acceptors (Lipinski definition) is 2. The molecule has 2 saturated carbocycles. The molecular formula is C20H28N2O. The van der Waals surface area contributed by atoms with Crippen LogP contribution in [0.3, 0.4) is 0 Å². The molecule has 23 heavy (non-hydrogen) atoms. The maximum atomic E-state index is 12.5. The molecule has 0 spiro atoms. The number of hydrogen-bond donors (Lipinski definition) is 1. The molecular weight excluding hydrogens is 284 g/mol. The van der Waals surface area contributed by atoms with Gasteiger partial charge in [0.05, 0.1) is 0 Å². The molecule has 1 N–H and O–H groups in total. The van der Waals surface area contributed by atoms with Gasteiger partial charge in [0, 0.05) is 32.1 Å². The number of nitrogens with zero attached hydrogens (tertiary/aromatic N) is 1. The van der Waals surface area contributed by atoms with Crippen molar-refractivity contribution < 1.29 is 4.79 Å². The zero-order valence-corrected chi connectivity index (χ0v) is 14.0. The van der Waals surface area contributed by atoms with Gasteiger partial charge in [0.2, 0.25) is 5.91 Å². The Kier molecular flexibility index (Phi) is 4.39. The second-order valence-electron chi connectivity index (χ2n) is 7.62. The van der Waals surface area contributed by atoms with Gasteiger partial charge < -0.3 is 5.32 Å². The molecule has 3 nitrogen and oxygen atoms in total. The molecule has 3 unspecified atom stereocenters. The van der Waals surface area contributed by atoms with Crippen LogP contribution in [0.4, 0.5) is 0 Å². The molecule has 1 aliphatic heterocycles. The van der Waals surface area contributed by atoms with E-state index in [2.05, 4.69) is 34.5 Å². The monoisotopic (exact) mass is 312 g/mol. The van der Waals surface area contributed by atoms with Crippen LogP contribution >= 0.6 is 0 Å². The molecule has 3 heteroatoms. The van der Waals surface area contributed by atoms with E-state index in [0.717, 1.165) is 44.9 Å². The molecule has 4 rings (SSSR count). The number of fused-ring (bicyclic) bond motifs is 2. The lowest BCUT2D eigenvalue weighted by molar-refractivity contribution is -0.126. The SMILES string of the molecule is O=C(NCCN1CCc2ccccc2C1)C1CCC2CCCC21. The van der Waals surface area contributed by atoms with Crippen LogP contribution in [0.2, 0.25) is 0 Å². The van der Waals surface area contributed by atoms with E-state index in [1.54, 1.807) is 0 Å². The molecule has 124 valence electrons. The van der Waals surface area contributed by atoms with Crippen molar-refractivity contribution in [3.05, 3.63) is 35.4 Å². The minimum atomic E-state index is 0.310. The summed E-state index contributed by atoms with van der Waals surface area (Å²) in [6.45, 7) is 3.91. The fourth-order valence-corrected chi connectivity index (χ4v) is 5.10. The molecule has 1 aromatic rings. The molecule has 0 saturated heterocycles. The molecule has 3 aliphatic rings. The van der Waals surface area contributed by atoms with Crippen LogP contribution < -0.4 is 5.32 Å². The van der Waals surface area contributed by atoms with Gasteiger partial charge in [-0.05, 0) is 48.6 Å². The fraction of sp³-hybridized carbons (Fsp3) is 0.650. The van der Waals surface area contributed by atoms with Gasteiger partial charge in [0.1, 0.15) is 0 Å². The van der Waals surface area contributed by atoms with Gasteiger partial charge in [0.15, 0.2) is 0 Å². The first kappa shape index (κ1) is 15.2. The smallest absolute Gasteiger partial charge is 0.223 e. The minimum absolute atomic E-state index is 0.310. The van der Waals surface area contributed by atoms with E-state index >= 15 is 0 Å². The predicted molar refractivity (Wildman–Crippen MR) is 92.0 cm³/mol. The van der Waals surface area contributed by atoms with Crippen LogP contribution in [-0.4, -0.2) is 30.4 Å². The maximum absolute atomic E-state index is 12.5. The lowest BCUT2D eigenvalue weighted by atomic mass is 9.91. The van der Waals surface area contributed by atoms with E-state index in [1.807, 2.05) is 0 Å².